The number of carbonyl (C=O) groups excluding carboxylic acids is 1. The highest BCUT2D eigenvalue weighted by molar-refractivity contribution is 5.88. The summed E-state index contributed by atoms with van der Waals surface area (Å²) in [4.78, 5) is 10.5. The fourth-order valence-electron chi connectivity index (χ4n) is 1.15. The summed E-state index contributed by atoms with van der Waals surface area (Å²) in [6.07, 6.45) is 2.02. The summed E-state index contributed by atoms with van der Waals surface area (Å²) in [5.74, 6) is 0.310. The van der Waals surface area contributed by atoms with Gasteiger partial charge in [0, 0.05) is 12.8 Å². The molecule has 2 bridgehead atoms. The van der Waals surface area contributed by atoms with Crippen molar-refractivity contribution in [2.75, 3.05) is 0 Å². The Labute approximate surface area is 41.5 Å². The zero-order valence-electron chi connectivity index (χ0n) is 3.89. The summed E-state index contributed by atoms with van der Waals surface area (Å²) in [7, 11) is 0. The molecule has 0 aromatic carbocycles. The first-order valence-electron chi connectivity index (χ1n) is 2.54. The maximum atomic E-state index is 10.5. The third-order valence-electron chi connectivity index (χ3n) is 1.62. The lowest BCUT2D eigenvalue weighted by Gasteiger charge is -2.21. The lowest BCUT2D eigenvalue weighted by molar-refractivity contribution is -0.130. The van der Waals surface area contributed by atoms with E-state index in [2.05, 4.69) is 0 Å². The number of fused-ring (bicyclic) bond motifs is 1. The molecule has 0 radical (unpaired) electrons. The minimum absolute atomic E-state index is 0.0185. The highest BCUT2D eigenvalue weighted by Gasteiger charge is 2.44. The van der Waals surface area contributed by atoms with Crippen LogP contribution in [-0.4, -0.2) is 18.0 Å². The number of rotatable bonds is 0. The number of Topliss-reactive ketones (excluding diaryl/α,β-unsaturated/α-hetero) is 1. The molecule has 1 saturated carbocycles. The Hall–Kier alpha value is -0.370. The van der Waals surface area contributed by atoms with Crippen LogP contribution in [0.3, 0.4) is 0 Å². The first kappa shape index (κ1) is 3.61. The second kappa shape index (κ2) is 0.892. The van der Waals surface area contributed by atoms with Crippen LogP contribution in [0.25, 0.3) is 0 Å². The fraction of sp³-hybridized carbons (Fsp3) is 0.800. The zero-order chi connectivity index (χ0) is 4.85. The Morgan fingerprint density at radius 2 is 2.43 bits per heavy atom. The van der Waals surface area contributed by atoms with Gasteiger partial charge >= 0.3 is 0 Å². The lowest BCUT2D eigenvalue weighted by atomic mass is 10.2. The van der Waals surface area contributed by atoms with Gasteiger partial charge in [-0.1, -0.05) is 0 Å². The van der Waals surface area contributed by atoms with Crippen LogP contribution in [0.2, 0.25) is 0 Å². The maximum absolute atomic E-state index is 10.5. The average Bonchev–Trinajstić information content (AvgIpc) is 1.85. The fourth-order valence-corrected chi connectivity index (χ4v) is 1.15. The van der Waals surface area contributed by atoms with E-state index in [9.17, 15) is 4.79 Å². The third kappa shape index (κ3) is 0.304. The SMILES string of the molecule is O=C1CC2CC1O2. The van der Waals surface area contributed by atoms with Crippen LogP contribution in [-0.2, 0) is 9.53 Å². The van der Waals surface area contributed by atoms with E-state index in [0.29, 0.717) is 18.3 Å². The van der Waals surface area contributed by atoms with E-state index in [-0.39, 0.29) is 6.10 Å². The van der Waals surface area contributed by atoms with Crippen LogP contribution in [0, 0.1) is 0 Å². The molecule has 2 aliphatic heterocycles. The molecular formula is C5H6O2. The molecule has 2 atom stereocenters. The van der Waals surface area contributed by atoms with Gasteiger partial charge in [0.25, 0.3) is 0 Å². The standard InChI is InChI=1S/C5H6O2/c6-4-1-3-2-5(4)7-3/h3,5H,1-2H2. The molecule has 1 aliphatic carbocycles. The van der Waals surface area contributed by atoms with Crippen LogP contribution in [0.15, 0.2) is 0 Å². The molecule has 2 saturated heterocycles. The quantitative estimate of drug-likeness (QED) is 0.430. The van der Waals surface area contributed by atoms with Gasteiger partial charge in [-0.2, -0.15) is 0 Å². The molecular weight excluding hydrogens is 92.1 g/mol. The summed E-state index contributed by atoms with van der Waals surface area (Å²) in [6.45, 7) is 0. The van der Waals surface area contributed by atoms with Crippen molar-refractivity contribution in [3.8, 4) is 0 Å². The average molecular weight is 98.1 g/mol. The van der Waals surface area contributed by atoms with Crippen molar-refractivity contribution in [2.24, 2.45) is 0 Å². The molecule has 0 aromatic heterocycles. The van der Waals surface area contributed by atoms with E-state index in [0.717, 1.165) is 6.42 Å². The number of ketones is 1. The predicted octanol–water partition coefficient (Wildman–Crippen LogP) is 0.117. The smallest absolute Gasteiger partial charge is 0.164 e. The van der Waals surface area contributed by atoms with Gasteiger partial charge in [-0.3, -0.25) is 4.79 Å². The molecule has 3 aliphatic rings. The molecule has 7 heavy (non-hydrogen) atoms. The largest absolute Gasteiger partial charge is 0.367 e. The highest BCUT2D eigenvalue weighted by atomic mass is 16.5. The first-order chi connectivity index (χ1) is 3.36. The van der Waals surface area contributed by atoms with Gasteiger partial charge in [-0.05, 0) is 0 Å². The minimum Gasteiger partial charge on any atom is -0.367 e. The predicted molar refractivity (Wildman–Crippen MR) is 22.9 cm³/mol. The zero-order valence-corrected chi connectivity index (χ0v) is 3.89. The van der Waals surface area contributed by atoms with Crippen LogP contribution < -0.4 is 0 Å². The molecule has 3 rings (SSSR count). The Balaban J connectivity index is 2.27. The second-order valence-corrected chi connectivity index (χ2v) is 2.15. The van der Waals surface area contributed by atoms with Gasteiger partial charge in [0.05, 0.1) is 6.10 Å². The van der Waals surface area contributed by atoms with Gasteiger partial charge in [-0.25, -0.2) is 0 Å². The molecule has 0 aromatic rings. The van der Waals surface area contributed by atoms with Crippen molar-refractivity contribution in [1.82, 2.24) is 0 Å². The van der Waals surface area contributed by atoms with Crippen LogP contribution in [0.1, 0.15) is 12.8 Å². The van der Waals surface area contributed by atoms with Gasteiger partial charge in [-0.15, -0.1) is 0 Å². The van der Waals surface area contributed by atoms with Gasteiger partial charge in [0.15, 0.2) is 5.78 Å². The van der Waals surface area contributed by atoms with E-state index in [1.807, 2.05) is 0 Å². The van der Waals surface area contributed by atoms with E-state index < -0.39 is 0 Å². The molecule has 2 heteroatoms. The van der Waals surface area contributed by atoms with Crippen molar-refractivity contribution in [3.05, 3.63) is 0 Å². The Bertz CT molecular complexity index is 113. The van der Waals surface area contributed by atoms with Crippen LogP contribution >= 0.6 is 0 Å². The Morgan fingerprint density at radius 3 is 2.57 bits per heavy atom. The maximum Gasteiger partial charge on any atom is 0.164 e. The van der Waals surface area contributed by atoms with Crippen LogP contribution in [0.4, 0.5) is 0 Å². The van der Waals surface area contributed by atoms with E-state index in [1.165, 1.54) is 0 Å². The monoisotopic (exact) mass is 98.0 g/mol. The summed E-state index contributed by atoms with van der Waals surface area (Å²) < 4.78 is 5.01. The Morgan fingerprint density at radius 1 is 1.71 bits per heavy atom. The van der Waals surface area contributed by atoms with Crippen molar-refractivity contribution in [2.45, 2.75) is 25.0 Å². The number of ether oxygens (including phenoxy) is 1. The van der Waals surface area contributed by atoms with Crippen molar-refractivity contribution >= 4 is 5.78 Å². The summed E-state index contributed by atoms with van der Waals surface area (Å²) >= 11 is 0. The summed E-state index contributed by atoms with van der Waals surface area (Å²) in [5, 5.41) is 0. The van der Waals surface area contributed by atoms with Gasteiger partial charge < -0.3 is 4.74 Å². The lowest BCUT2D eigenvalue weighted by Crippen LogP contribution is -2.28. The molecule has 38 valence electrons. The summed E-state index contributed by atoms with van der Waals surface area (Å²) in [6, 6.07) is 0. The van der Waals surface area contributed by atoms with Gasteiger partial charge in [0.2, 0.25) is 0 Å². The molecule has 2 heterocycles. The van der Waals surface area contributed by atoms with Crippen LogP contribution in [0.5, 0.6) is 0 Å². The number of hydrogen-bond acceptors (Lipinski definition) is 2. The van der Waals surface area contributed by atoms with E-state index in [1.54, 1.807) is 0 Å². The molecule has 2 nitrogen and oxygen atoms in total. The number of carbonyl (C=O) groups is 1. The third-order valence-corrected chi connectivity index (χ3v) is 1.62. The topological polar surface area (TPSA) is 26.3 Å². The normalized spacial score (nSPS) is 46.6. The summed E-state index contributed by atoms with van der Waals surface area (Å²) in [5.41, 5.74) is 0. The van der Waals surface area contributed by atoms with Crippen molar-refractivity contribution < 1.29 is 9.53 Å². The molecule has 3 fully saturated rings. The first-order valence-corrected chi connectivity index (χ1v) is 2.54. The minimum atomic E-state index is 0.0185. The van der Waals surface area contributed by atoms with Crippen molar-refractivity contribution in [3.63, 3.8) is 0 Å². The second-order valence-electron chi connectivity index (χ2n) is 2.15. The highest BCUT2D eigenvalue weighted by Crippen LogP contribution is 2.33. The van der Waals surface area contributed by atoms with E-state index in [4.69, 9.17) is 4.74 Å². The van der Waals surface area contributed by atoms with E-state index >= 15 is 0 Å². The van der Waals surface area contributed by atoms with Gasteiger partial charge in [0.1, 0.15) is 6.10 Å². The number of hydrogen-bond donors (Lipinski definition) is 0. The molecule has 0 spiro atoms. The van der Waals surface area contributed by atoms with Crippen molar-refractivity contribution in [1.29, 1.82) is 0 Å². The molecule has 0 amide bonds. The molecule has 2 unspecified atom stereocenters. The molecule has 0 N–H and O–H groups in total. The Kier molecular flexibility index (Phi) is 0.460.